The molecule has 2 aromatic rings. The van der Waals surface area contributed by atoms with E-state index in [0.29, 0.717) is 4.68 Å². The van der Waals surface area contributed by atoms with Gasteiger partial charge in [0.1, 0.15) is 18.0 Å². The zero-order valence-electron chi connectivity index (χ0n) is 15.2. The molecule has 0 saturated carbocycles. The summed E-state index contributed by atoms with van der Waals surface area (Å²) in [4.78, 5) is 11.8. The van der Waals surface area contributed by atoms with Crippen molar-refractivity contribution in [3.05, 3.63) is 36.0 Å². The van der Waals surface area contributed by atoms with Gasteiger partial charge in [-0.25, -0.2) is 9.48 Å². The molecule has 12 heteroatoms. The van der Waals surface area contributed by atoms with E-state index in [9.17, 15) is 31.1 Å². The first-order valence-electron chi connectivity index (χ1n) is 7.16. The number of hydrogen-bond donors (Lipinski definition) is 0. The summed E-state index contributed by atoms with van der Waals surface area (Å²) in [5.74, 6) is -1.49. The van der Waals surface area contributed by atoms with Gasteiger partial charge in [0.05, 0.1) is 12.3 Å². The molecule has 0 saturated heterocycles. The van der Waals surface area contributed by atoms with Crippen molar-refractivity contribution >= 4 is 5.97 Å². The van der Waals surface area contributed by atoms with Crippen LogP contribution in [0.25, 0.3) is 11.3 Å². The second-order valence-corrected chi connectivity index (χ2v) is 4.98. The molecule has 0 aliphatic rings. The summed E-state index contributed by atoms with van der Waals surface area (Å²) in [6.45, 7) is -0.0755. The largest absolute Gasteiger partial charge is 1.00 e. The third kappa shape index (κ3) is 7.07. The second-order valence-electron chi connectivity index (χ2n) is 4.98. The van der Waals surface area contributed by atoms with Crippen LogP contribution >= 0.6 is 0 Å². The molecule has 0 radical (unpaired) electrons. The van der Waals surface area contributed by atoms with Crippen LogP contribution < -0.4 is 34.3 Å². The number of carbonyl (C=O) groups excluding carboxylic acids is 1. The minimum Gasteiger partial charge on any atom is -1.00 e. The molecule has 0 N–H and O–H groups in total. The quantitative estimate of drug-likeness (QED) is 0.427. The van der Waals surface area contributed by atoms with Crippen LogP contribution in [-0.4, -0.2) is 34.9 Å². The zero-order valence-corrected chi connectivity index (χ0v) is 16.2. The molecule has 0 aliphatic carbocycles. The van der Waals surface area contributed by atoms with Crippen LogP contribution in [0.15, 0.2) is 30.3 Å². The molecule has 5 nitrogen and oxygen atoms in total. The summed E-state index contributed by atoms with van der Waals surface area (Å²) in [5, 5.41) is 3.71. The van der Waals surface area contributed by atoms with Crippen LogP contribution in [0.4, 0.5) is 26.3 Å². The molecule has 0 bridgehead atoms. The molecule has 144 valence electrons. The van der Waals surface area contributed by atoms with Crippen molar-refractivity contribution in [3.8, 4) is 17.0 Å². The van der Waals surface area contributed by atoms with Crippen molar-refractivity contribution in [1.82, 2.24) is 9.78 Å². The second kappa shape index (κ2) is 8.98. The molecule has 1 aromatic carbocycles. The predicted molar refractivity (Wildman–Crippen MR) is 77.5 cm³/mol. The summed E-state index contributed by atoms with van der Waals surface area (Å²) in [6, 6.07) is 5.39. The van der Waals surface area contributed by atoms with Crippen molar-refractivity contribution in [2.45, 2.75) is 26.0 Å². The smallest absolute Gasteiger partial charge is 1.00 e. The van der Waals surface area contributed by atoms with Gasteiger partial charge in [0.2, 0.25) is 0 Å². The van der Waals surface area contributed by atoms with Crippen molar-refractivity contribution in [3.63, 3.8) is 0 Å². The maximum atomic E-state index is 12.7. The average molecular weight is 406 g/mol. The normalized spacial score (nSPS) is 11.7. The van der Waals surface area contributed by atoms with Gasteiger partial charge in [-0.1, -0.05) is 0 Å². The molecule has 0 amide bonds. The number of esters is 1. The first kappa shape index (κ1) is 23.3. The van der Waals surface area contributed by atoms with E-state index in [0.717, 1.165) is 18.2 Å². The Bertz CT molecular complexity index is 778. The van der Waals surface area contributed by atoms with E-state index < -0.39 is 36.5 Å². The Morgan fingerprint density at radius 3 is 2.22 bits per heavy atom. The van der Waals surface area contributed by atoms with Crippen LogP contribution in [0.1, 0.15) is 18.8 Å². The Hall–Kier alpha value is -1.72. The molecule has 0 spiro atoms. The van der Waals surface area contributed by atoms with E-state index in [1.54, 1.807) is 0 Å². The topological polar surface area (TPSA) is 53.4 Å². The van der Waals surface area contributed by atoms with Gasteiger partial charge in [0.25, 0.3) is 0 Å². The minimum absolute atomic E-state index is 0. The van der Waals surface area contributed by atoms with Gasteiger partial charge in [-0.2, -0.15) is 18.3 Å². The Kier molecular flexibility index (Phi) is 7.76. The van der Waals surface area contributed by atoms with Crippen molar-refractivity contribution < 1.29 is 71.6 Å². The van der Waals surface area contributed by atoms with Crippen molar-refractivity contribution in [1.29, 1.82) is 0 Å². The SMILES string of the molecule is CCOC(=O)c1cc(-c2ccc(OC(F)(F)F)cc2)nn1CC(F)(F)F.[H-].[Na+]. The van der Waals surface area contributed by atoms with Gasteiger partial charge in [-0.05, 0) is 37.3 Å². The van der Waals surface area contributed by atoms with Crippen LogP contribution in [-0.2, 0) is 11.3 Å². The number of hydrogen-bond acceptors (Lipinski definition) is 4. The summed E-state index contributed by atoms with van der Waals surface area (Å²) < 4.78 is 83.2. The monoisotopic (exact) mass is 406 g/mol. The Balaban J connectivity index is 0.00000364. The number of alkyl halides is 6. The summed E-state index contributed by atoms with van der Waals surface area (Å²) >= 11 is 0. The molecular formula is C15H13F6N2NaO3. The van der Waals surface area contributed by atoms with Gasteiger partial charge in [0.15, 0.2) is 0 Å². The fraction of sp³-hybridized carbons (Fsp3) is 0.333. The molecule has 27 heavy (non-hydrogen) atoms. The maximum Gasteiger partial charge on any atom is 1.00 e. The van der Waals surface area contributed by atoms with Crippen molar-refractivity contribution in [2.75, 3.05) is 6.61 Å². The Morgan fingerprint density at radius 2 is 1.74 bits per heavy atom. The first-order valence-corrected chi connectivity index (χ1v) is 7.16. The fourth-order valence-corrected chi connectivity index (χ4v) is 2.04. The molecule has 0 fully saturated rings. The van der Waals surface area contributed by atoms with Crippen LogP contribution in [0, 0.1) is 0 Å². The minimum atomic E-state index is -4.87. The van der Waals surface area contributed by atoms with E-state index in [1.807, 2.05) is 0 Å². The summed E-state index contributed by atoms with van der Waals surface area (Å²) in [7, 11) is 0. The standard InChI is InChI=1S/C15H12F6N2O3.Na.H/c1-2-25-13(24)12-7-11(22-23(12)8-14(16,17)18)9-3-5-10(6-4-9)26-15(19,20)21;;/h3-7H,2,8H2,1H3;;/q;+1;-1. The average Bonchev–Trinajstić information content (AvgIpc) is 2.88. The molecular weight excluding hydrogens is 393 g/mol. The van der Waals surface area contributed by atoms with E-state index in [2.05, 4.69) is 9.84 Å². The number of benzene rings is 1. The van der Waals surface area contributed by atoms with Gasteiger partial charge in [-0.3, -0.25) is 0 Å². The maximum absolute atomic E-state index is 12.7. The number of carbonyl (C=O) groups is 1. The first-order chi connectivity index (χ1) is 12.0. The Labute approximate surface area is 173 Å². The van der Waals surface area contributed by atoms with Gasteiger partial charge >= 0.3 is 48.1 Å². The molecule has 2 rings (SSSR count). The number of halogens is 6. The fourth-order valence-electron chi connectivity index (χ4n) is 2.04. The van der Waals surface area contributed by atoms with Gasteiger partial charge in [-0.15, -0.1) is 13.2 Å². The van der Waals surface area contributed by atoms with Gasteiger partial charge < -0.3 is 10.9 Å². The molecule has 0 atom stereocenters. The van der Waals surface area contributed by atoms with Gasteiger partial charge in [0, 0.05) is 5.56 Å². The van der Waals surface area contributed by atoms with E-state index in [4.69, 9.17) is 4.74 Å². The summed E-state index contributed by atoms with van der Waals surface area (Å²) in [5.41, 5.74) is -0.253. The third-order valence-corrected chi connectivity index (χ3v) is 2.98. The van der Waals surface area contributed by atoms with E-state index >= 15 is 0 Å². The van der Waals surface area contributed by atoms with E-state index in [-0.39, 0.29) is 48.8 Å². The predicted octanol–water partition coefficient (Wildman–Crippen LogP) is 1.30. The van der Waals surface area contributed by atoms with E-state index in [1.165, 1.54) is 19.1 Å². The number of rotatable bonds is 5. The Morgan fingerprint density at radius 1 is 1.15 bits per heavy atom. The number of nitrogens with zero attached hydrogens (tertiary/aromatic N) is 2. The molecule has 0 aliphatic heterocycles. The van der Waals surface area contributed by atoms with Crippen LogP contribution in [0.5, 0.6) is 5.75 Å². The van der Waals surface area contributed by atoms with Crippen LogP contribution in [0.2, 0.25) is 0 Å². The number of aromatic nitrogens is 2. The molecule has 0 unspecified atom stereocenters. The summed E-state index contributed by atoms with van der Waals surface area (Å²) in [6.07, 6.45) is -9.50. The van der Waals surface area contributed by atoms with Crippen molar-refractivity contribution in [2.24, 2.45) is 0 Å². The third-order valence-electron chi connectivity index (χ3n) is 2.98. The van der Waals surface area contributed by atoms with Crippen LogP contribution in [0.3, 0.4) is 0 Å². The number of ether oxygens (including phenoxy) is 2. The zero-order chi connectivity index (χ0) is 19.5. The molecule has 1 aromatic heterocycles. The molecule has 1 heterocycles.